The zero-order valence-corrected chi connectivity index (χ0v) is 8.93. The number of aromatic nitrogens is 1. The fourth-order valence-electron chi connectivity index (χ4n) is 0.902. The highest BCUT2D eigenvalue weighted by Gasteiger charge is 1.95. The molecular weight excluding hydrogens is 184 g/mol. The van der Waals surface area contributed by atoms with E-state index in [0.29, 0.717) is 6.10 Å². The molecule has 4 heteroatoms. The average molecular weight is 200 g/mol. The largest absolute Gasteiger partial charge is 0.377 e. The van der Waals surface area contributed by atoms with Crippen LogP contribution in [0.3, 0.4) is 0 Å². The molecule has 0 fully saturated rings. The van der Waals surface area contributed by atoms with Crippen molar-refractivity contribution in [2.75, 3.05) is 13.2 Å². The summed E-state index contributed by atoms with van der Waals surface area (Å²) in [6.07, 6.45) is 2.15. The first-order valence-electron chi connectivity index (χ1n) is 4.49. The number of ether oxygens (including phenoxy) is 1. The summed E-state index contributed by atoms with van der Waals surface area (Å²) in [4.78, 5) is 4.16. The molecular formula is C9H16N2OS. The van der Waals surface area contributed by atoms with Crippen LogP contribution in [0.15, 0.2) is 11.6 Å². The summed E-state index contributed by atoms with van der Waals surface area (Å²) in [5.41, 5.74) is 0. The Morgan fingerprint density at radius 2 is 2.46 bits per heavy atom. The van der Waals surface area contributed by atoms with E-state index in [1.165, 1.54) is 0 Å². The normalized spacial score (nSPS) is 11.0. The number of thiazole rings is 1. The van der Waals surface area contributed by atoms with Gasteiger partial charge in [0.1, 0.15) is 5.01 Å². The minimum atomic E-state index is 0.321. The molecule has 1 aromatic rings. The van der Waals surface area contributed by atoms with Crippen molar-refractivity contribution in [2.45, 2.75) is 26.5 Å². The van der Waals surface area contributed by atoms with E-state index < -0.39 is 0 Å². The van der Waals surface area contributed by atoms with Crippen LogP contribution in [-0.2, 0) is 11.3 Å². The highest BCUT2D eigenvalue weighted by molar-refractivity contribution is 7.09. The molecule has 1 heterocycles. The van der Waals surface area contributed by atoms with Crippen molar-refractivity contribution in [1.82, 2.24) is 10.3 Å². The molecule has 1 N–H and O–H groups in total. The Hall–Kier alpha value is -0.450. The van der Waals surface area contributed by atoms with Gasteiger partial charge in [0.2, 0.25) is 0 Å². The van der Waals surface area contributed by atoms with Crippen LogP contribution in [0.1, 0.15) is 18.9 Å². The number of hydrogen-bond acceptors (Lipinski definition) is 4. The third-order valence-electron chi connectivity index (χ3n) is 1.49. The molecule has 1 aromatic heterocycles. The zero-order valence-electron chi connectivity index (χ0n) is 8.12. The van der Waals surface area contributed by atoms with E-state index in [1.54, 1.807) is 11.3 Å². The Balaban J connectivity index is 1.96. The molecule has 74 valence electrons. The molecule has 0 amide bonds. The van der Waals surface area contributed by atoms with Crippen molar-refractivity contribution >= 4 is 11.3 Å². The van der Waals surface area contributed by atoms with E-state index in [0.717, 1.165) is 24.7 Å². The predicted molar refractivity (Wildman–Crippen MR) is 54.9 cm³/mol. The lowest BCUT2D eigenvalue weighted by molar-refractivity contribution is 0.0807. The molecule has 0 radical (unpaired) electrons. The molecule has 1 rings (SSSR count). The second kappa shape index (κ2) is 6.07. The highest BCUT2D eigenvalue weighted by Crippen LogP contribution is 2.02. The summed E-state index contributed by atoms with van der Waals surface area (Å²) in [7, 11) is 0. The van der Waals surface area contributed by atoms with Gasteiger partial charge in [0.15, 0.2) is 0 Å². The Bertz CT molecular complexity index is 211. The van der Waals surface area contributed by atoms with E-state index in [2.05, 4.69) is 10.3 Å². The molecule has 0 saturated heterocycles. The van der Waals surface area contributed by atoms with Gasteiger partial charge in [0.25, 0.3) is 0 Å². The predicted octanol–water partition coefficient (Wildman–Crippen LogP) is 1.66. The van der Waals surface area contributed by atoms with Gasteiger partial charge in [-0.25, -0.2) is 4.98 Å². The molecule has 0 atom stereocenters. The Morgan fingerprint density at radius 1 is 1.62 bits per heavy atom. The van der Waals surface area contributed by atoms with E-state index in [9.17, 15) is 0 Å². The lowest BCUT2D eigenvalue weighted by Crippen LogP contribution is -2.20. The van der Waals surface area contributed by atoms with Crippen molar-refractivity contribution < 1.29 is 4.74 Å². The maximum atomic E-state index is 5.38. The van der Waals surface area contributed by atoms with Gasteiger partial charge in [0, 0.05) is 24.7 Å². The average Bonchev–Trinajstić information content (AvgIpc) is 2.55. The Morgan fingerprint density at radius 3 is 3.08 bits per heavy atom. The summed E-state index contributed by atoms with van der Waals surface area (Å²) < 4.78 is 5.38. The molecule has 0 aromatic carbocycles. The third-order valence-corrected chi connectivity index (χ3v) is 2.27. The van der Waals surface area contributed by atoms with E-state index >= 15 is 0 Å². The van der Waals surface area contributed by atoms with Crippen LogP contribution >= 0.6 is 11.3 Å². The first kappa shape index (κ1) is 10.6. The molecule has 0 bridgehead atoms. The van der Waals surface area contributed by atoms with Gasteiger partial charge in [-0.05, 0) is 13.8 Å². The number of nitrogens with zero attached hydrogens (tertiary/aromatic N) is 1. The SMILES string of the molecule is CC(C)OCCNCc1nccs1. The number of hydrogen-bond donors (Lipinski definition) is 1. The zero-order chi connectivity index (χ0) is 9.52. The minimum absolute atomic E-state index is 0.321. The third kappa shape index (κ3) is 4.98. The van der Waals surface area contributed by atoms with Crippen LogP contribution in [-0.4, -0.2) is 24.2 Å². The van der Waals surface area contributed by atoms with Crippen molar-refractivity contribution in [3.63, 3.8) is 0 Å². The summed E-state index contributed by atoms with van der Waals surface area (Å²) in [6.45, 7) is 6.58. The van der Waals surface area contributed by atoms with Crippen LogP contribution in [0.5, 0.6) is 0 Å². The van der Waals surface area contributed by atoms with Crippen LogP contribution in [0, 0.1) is 0 Å². The van der Waals surface area contributed by atoms with Crippen molar-refractivity contribution in [2.24, 2.45) is 0 Å². The second-order valence-electron chi connectivity index (χ2n) is 3.02. The van der Waals surface area contributed by atoms with Crippen molar-refractivity contribution in [3.8, 4) is 0 Å². The first-order chi connectivity index (χ1) is 6.29. The van der Waals surface area contributed by atoms with Crippen LogP contribution in [0.4, 0.5) is 0 Å². The van der Waals surface area contributed by atoms with E-state index in [4.69, 9.17) is 4.74 Å². The maximum Gasteiger partial charge on any atom is 0.106 e. The van der Waals surface area contributed by atoms with Gasteiger partial charge in [-0.3, -0.25) is 0 Å². The van der Waals surface area contributed by atoms with Gasteiger partial charge in [-0.2, -0.15) is 0 Å². The molecule has 0 saturated carbocycles. The van der Waals surface area contributed by atoms with Gasteiger partial charge in [-0.1, -0.05) is 0 Å². The van der Waals surface area contributed by atoms with Gasteiger partial charge in [0.05, 0.1) is 12.7 Å². The van der Waals surface area contributed by atoms with Crippen LogP contribution in [0.2, 0.25) is 0 Å². The fourth-order valence-corrected chi connectivity index (χ4v) is 1.49. The molecule has 3 nitrogen and oxygen atoms in total. The molecule has 0 aliphatic heterocycles. The van der Waals surface area contributed by atoms with E-state index in [1.807, 2.05) is 25.4 Å². The van der Waals surface area contributed by atoms with Crippen LogP contribution in [0.25, 0.3) is 0 Å². The number of rotatable bonds is 6. The van der Waals surface area contributed by atoms with Gasteiger partial charge in [-0.15, -0.1) is 11.3 Å². The smallest absolute Gasteiger partial charge is 0.106 e. The number of nitrogens with one attached hydrogen (secondary N) is 1. The quantitative estimate of drug-likeness (QED) is 0.709. The second-order valence-corrected chi connectivity index (χ2v) is 4.00. The lowest BCUT2D eigenvalue weighted by atomic mass is 10.5. The fraction of sp³-hybridized carbons (Fsp3) is 0.667. The Kier molecular flexibility index (Phi) is 4.97. The van der Waals surface area contributed by atoms with Crippen molar-refractivity contribution in [3.05, 3.63) is 16.6 Å². The maximum absolute atomic E-state index is 5.38. The van der Waals surface area contributed by atoms with Crippen LogP contribution < -0.4 is 5.32 Å². The topological polar surface area (TPSA) is 34.1 Å². The highest BCUT2D eigenvalue weighted by atomic mass is 32.1. The molecule has 0 aliphatic rings. The van der Waals surface area contributed by atoms with Crippen molar-refractivity contribution in [1.29, 1.82) is 0 Å². The Labute approximate surface area is 83.1 Å². The van der Waals surface area contributed by atoms with Gasteiger partial charge < -0.3 is 10.1 Å². The molecule has 0 unspecified atom stereocenters. The molecule has 0 aliphatic carbocycles. The summed E-state index contributed by atoms with van der Waals surface area (Å²) >= 11 is 1.67. The molecule has 13 heavy (non-hydrogen) atoms. The minimum Gasteiger partial charge on any atom is -0.377 e. The summed E-state index contributed by atoms with van der Waals surface area (Å²) in [5.74, 6) is 0. The first-order valence-corrected chi connectivity index (χ1v) is 5.37. The summed E-state index contributed by atoms with van der Waals surface area (Å²) in [6, 6.07) is 0. The standard InChI is InChI=1S/C9H16N2OS/c1-8(2)12-5-3-10-7-9-11-4-6-13-9/h4,6,8,10H,3,5,7H2,1-2H3. The van der Waals surface area contributed by atoms with Gasteiger partial charge >= 0.3 is 0 Å². The molecule has 0 spiro atoms. The monoisotopic (exact) mass is 200 g/mol. The summed E-state index contributed by atoms with van der Waals surface area (Å²) in [5, 5.41) is 6.38. The lowest BCUT2D eigenvalue weighted by Gasteiger charge is -2.07. The van der Waals surface area contributed by atoms with E-state index in [-0.39, 0.29) is 0 Å².